The van der Waals surface area contributed by atoms with Crippen LogP contribution in [0.15, 0.2) is 12.2 Å². The molecule has 0 aromatic rings. The van der Waals surface area contributed by atoms with Crippen LogP contribution in [0.1, 0.15) is 6.92 Å². The van der Waals surface area contributed by atoms with Crippen LogP contribution < -0.4 is 0 Å². The highest BCUT2D eigenvalue weighted by Crippen LogP contribution is 1.97. The molecule has 0 aliphatic carbocycles. The second kappa shape index (κ2) is 7.54. The Morgan fingerprint density at radius 1 is 1.33 bits per heavy atom. The van der Waals surface area contributed by atoms with E-state index in [0.717, 1.165) is 0 Å². The molecule has 1 unspecified atom stereocenters. The fraction of sp³-hybridized carbons (Fsp3) is 0.444. The molecule has 0 saturated heterocycles. The Bertz CT molecular complexity index is 247. The molecule has 0 aliphatic rings. The topological polar surface area (TPSA) is 78.9 Å². The summed E-state index contributed by atoms with van der Waals surface area (Å²) in [6.07, 6.45) is -0.795. The van der Waals surface area contributed by atoms with E-state index in [4.69, 9.17) is 4.74 Å². The van der Waals surface area contributed by atoms with Crippen LogP contribution in [-0.2, 0) is 28.6 Å². The van der Waals surface area contributed by atoms with Crippen molar-refractivity contribution in [3.05, 3.63) is 12.2 Å². The largest absolute Gasteiger partial charge is 0.464 e. The average Bonchev–Trinajstić information content (AvgIpc) is 2.21. The maximum absolute atomic E-state index is 10.9. The third-order valence-electron chi connectivity index (χ3n) is 1.35. The van der Waals surface area contributed by atoms with E-state index in [9.17, 15) is 14.4 Å². The smallest absolute Gasteiger partial charge is 0.333 e. The monoisotopic (exact) mass is 216 g/mol. The molecule has 0 rings (SSSR count). The van der Waals surface area contributed by atoms with Crippen molar-refractivity contribution in [1.29, 1.82) is 0 Å². The van der Waals surface area contributed by atoms with Crippen LogP contribution in [0.25, 0.3) is 0 Å². The molecule has 0 aromatic heterocycles. The summed E-state index contributed by atoms with van der Waals surface area (Å²) in [4.78, 5) is 30.9. The molecule has 0 aliphatic heterocycles. The molecule has 0 heterocycles. The Labute approximate surface area is 86.8 Å². The highest BCUT2D eigenvalue weighted by molar-refractivity contribution is 5.86. The Balaban J connectivity index is 3.93. The predicted molar refractivity (Wildman–Crippen MR) is 48.7 cm³/mol. The maximum Gasteiger partial charge on any atom is 0.333 e. The van der Waals surface area contributed by atoms with Crippen LogP contribution in [0.4, 0.5) is 0 Å². The van der Waals surface area contributed by atoms with Gasteiger partial charge in [-0.05, 0) is 6.92 Å². The lowest BCUT2D eigenvalue weighted by Crippen LogP contribution is -2.26. The zero-order chi connectivity index (χ0) is 11.7. The van der Waals surface area contributed by atoms with Crippen LogP contribution in [0, 0.1) is 0 Å². The van der Waals surface area contributed by atoms with Gasteiger partial charge in [-0.3, -0.25) is 9.59 Å². The van der Waals surface area contributed by atoms with Crippen LogP contribution in [0.2, 0.25) is 0 Å². The minimum Gasteiger partial charge on any atom is -0.464 e. The number of hydrogen-bond donors (Lipinski definition) is 0. The molecule has 0 N–H and O–H groups in total. The molecular weight excluding hydrogens is 204 g/mol. The summed E-state index contributed by atoms with van der Waals surface area (Å²) < 4.78 is 13.6. The molecule has 1 atom stereocenters. The molecule has 0 bridgehead atoms. The fourth-order valence-electron chi connectivity index (χ4n) is 0.644. The van der Waals surface area contributed by atoms with E-state index in [1.807, 2.05) is 0 Å². The molecule has 0 saturated carbocycles. The van der Waals surface area contributed by atoms with Gasteiger partial charge in [0.25, 0.3) is 12.9 Å². The third kappa shape index (κ3) is 6.25. The quantitative estimate of drug-likeness (QED) is 0.242. The first kappa shape index (κ1) is 13.2. The van der Waals surface area contributed by atoms with Gasteiger partial charge in [-0.1, -0.05) is 6.58 Å². The first-order valence-corrected chi connectivity index (χ1v) is 4.08. The van der Waals surface area contributed by atoms with Crippen molar-refractivity contribution in [3.63, 3.8) is 0 Å². The summed E-state index contributed by atoms with van der Waals surface area (Å²) in [5, 5.41) is 0. The van der Waals surface area contributed by atoms with Crippen LogP contribution in [-0.4, -0.2) is 38.2 Å². The van der Waals surface area contributed by atoms with Gasteiger partial charge in [0.1, 0.15) is 13.2 Å². The minimum atomic E-state index is -0.795. The van der Waals surface area contributed by atoms with Crippen LogP contribution in [0.5, 0.6) is 0 Å². The van der Waals surface area contributed by atoms with E-state index in [0.29, 0.717) is 0 Å². The van der Waals surface area contributed by atoms with Crippen molar-refractivity contribution in [2.45, 2.75) is 13.0 Å². The van der Waals surface area contributed by atoms with Gasteiger partial charge in [-0.2, -0.15) is 0 Å². The molecule has 0 aromatic carbocycles. The summed E-state index contributed by atoms with van der Waals surface area (Å²) in [5.74, 6) is -0.597. The Hall–Kier alpha value is -1.85. The summed E-state index contributed by atoms with van der Waals surface area (Å²) >= 11 is 0. The summed E-state index contributed by atoms with van der Waals surface area (Å²) in [6.45, 7) is 4.91. The van der Waals surface area contributed by atoms with Crippen molar-refractivity contribution in [2.24, 2.45) is 0 Å². The molecule has 15 heavy (non-hydrogen) atoms. The fourth-order valence-corrected chi connectivity index (χ4v) is 0.644. The number of carbonyl (C=O) groups is 3. The number of esters is 1. The molecule has 0 spiro atoms. The third-order valence-corrected chi connectivity index (χ3v) is 1.35. The standard InChI is InChI=1S/C9H12O6/c1-7(2)9(12)14-4-8(15-6-11)3-13-5-10/h5-6,8H,1,3-4H2,2H3. The Morgan fingerprint density at radius 3 is 2.47 bits per heavy atom. The van der Waals surface area contributed by atoms with E-state index >= 15 is 0 Å². The predicted octanol–water partition coefficient (Wildman–Crippen LogP) is -0.180. The van der Waals surface area contributed by atoms with Crippen molar-refractivity contribution in [2.75, 3.05) is 13.2 Å². The second-order valence-corrected chi connectivity index (χ2v) is 2.66. The van der Waals surface area contributed by atoms with Gasteiger partial charge in [0.2, 0.25) is 0 Å². The SMILES string of the molecule is C=C(C)C(=O)OCC(COC=O)OC=O. The van der Waals surface area contributed by atoms with Gasteiger partial charge in [0, 0.05) is 5.57 Å². The average molecular weight is 216 g/mol. The zero-order valence-electron chi connectivity index (χ0n) is 8.30. The molecule has 0 amide bonds. The van der Waals surface area contributed by atoms with E-state index in [1.54, 1.807) is 0 Å². The van der Waals surface area contributed by atoms with Gasteiger partial charge in [-0.15, -0.1) is 0 Å². The molecule has 0 radical (unpaired) electrons. The van der Waals surface area contributed by atoms with Crippen molar-refractivity contribution in [3.8, 4) is 0 Å². The first-order valence-electron chi connectivity index (χ1n) is 4.08. The second-order valence-electron chi connectivity index (χ2n) is 2.66. The summed E-state index contributed by atoms with van der Waals surface area (Å²) in [6, 6.07) is 0. The molecule has 6 heteroatoms. The molecule has 0 fully saturated rings. The summed E-state index contributed by atoms with van der Waals surface area (Å²) in [5.41, 5.74) is 0.233. The highest BCUT2D eigenvalue weighted by atomic mass is 16.6. The van der Waals surface area contributed by atoms with E-state index in [2.05, 4.69) is 16.1 Å². The van der Waals surface area contributed by atoms with E-state index in [-0.39, 0.29) is 31.7 Å². The van der Waals surface area contributed by atoms with Gasteiger partial charge in [0.15, 0.2) is 6.10 Å². The van der Waals surface area contributed by atoms with Gasteiger partial charge in [0.05, 0.1) is 0 Å². The number of ether oxygens (including phenoxy) is 3. The van der Waals surface area contributed by atoms with Gasteiger partial charge >= 0.3 is 5.97 Å². The Morgan fingerprint density at radius 2 is 2.00 bits per heavy atom. The lowest BCUT2D eigenvalue weighted by Gasteiger charge is -2.13. The number of rotatable bonds is 8. The van der Waals surface area contributed by atoms with Gasteiger partial charge < -0.3 is 14.2 Å². The van der Waals surface area contributed by atoms with E-state index < -0.39 is 12.1 Å². The molecule has 6 nitrogen and oxygen atoms in total. The highest BCUT2D eigenvalue weighted by Gasteiger charge is 2.13. The summed E-state index contributed by atoms with van der Waals surface area (Å²) in [7, 11) is 0. The van der Waals surface area contributed by atoms with Crippen LogP contribution >= 0.6 is 0 Å². The van der Waals surface area contributed by atoms with Gasteiger partial charge in [-0.25, -0.2) is 4.79 Å². The van der Waals surface area contributed by atoms with Crippen molar-refractivity contribution >= 4 is 18.9 Å². The maximum atomic E-state index is 10.9. The van der Waals surface area contributed by atoms with Crippen molar-refractivity contribution in [1.82, 2.24) is 0 Å². The number of carbonyl (C=O) groups excluding carboxylic acids is 3. The van der Waals surface area contributed by atoms with Crippen LogP contribution in [0.3, 0.4) is 0 Å². The Kier molecular flexibility index (Phi) is 6.61. The first-order chi connectivity index (χ1) is 7.11. The normalized spacial score (nSPS) is 11.0. The number of hydrogen-bond acceptors (Lipinski definition) is 6. The lowest BCUT2D eigenvalue weighted by atomic mass is 10.3. The zero-order valence-corrected chi connectivity index (χ0v) is 8.30. The molecular formula is C9H12O6. The van der Waals surface area contributed by atoms with E-state index in [1.165, 1.54) is 6.92 Å². The minimum absolute atomic E-state index is 0.161. The molecule has 84 valence electrons. The lowest BCUT2D eigenvalue weighted by molar-refractivity contribution is -0.153. The van der Waals surface area contributed by atoms with Crippen molar-refractivity contribution < 1.29 is 28.6 Å².